The van der Waals surface area contributed by atoms with Gasteiger partial charge in [-0.25, -0.2) is 4.79 Å². The van der Waals surface area contributed by atoms with Crippen LogP contribution in [-0.2, 0) is 16.0 Å². The number of carbonyl (C=O) groups is 1. The van der Waals surface area contributed by atoms with Crippen molar-refractivity contribution in [3.63, 3.8) is 0 Å². The van der Waals surface area contributed by atoms with Crippen LogP contribution in [0.2, 0.25) is 10.0 Å². The molecule has 0 bridgehead atoms. The molecule has 0 fully saturated rings. The number of rotatable bonds is 3. The second-order valence-electron chi connectivity index (χ2n) is 3.66. The summed E-state index contributed by atoms with van der Waals surface area (Å²) in [7, 11) is 1.22. The summed E-state index contributed by atoms with van der Waals surface area (Å²) in [5, 5.41) is 10.6. The molecule has 1 atom stereocenters. The summed E-state index contributed by atoms with van der Waals surface area (Å²) in [6.45, 7) is 1.37. The van der Waals surface area contributed by atoms with Crippen LogP contribution in [0.4, 0.5) is 0 Å². The molecule has 3 nitrogen and oxygen atoms in total. The largest absolute Gasteiger partial charge is 0.467 e. The number of halogens is 2. The third-order valence-electron chi connectivity index (χ3n) is 2.19. The lowest BCUT2D eigenvalue weighted by molar-refractivity contribution is -0.160. The molecule has 0 amide bonds. The van der Waals surface area contributed by atoms with E-state index in [9.17, 15) is 9.90 Å². The van der Waals surface area contributed by atoms with Gasteiger partial charge in [-0.1, -0.05) is 35.3 Å². The molecular formula is C11H12Cl2O3. The fraction of sp³-hybridized carbons (Fsp3) is 0.364. The molecular weight excluding hydrogens is 251 g/mol. The summed E-state index contributed by atoms with van der Waals surface area (Å²) in [6, 6.07) is 5.04. The molecule has 0 aliphatic heterocycles. The van der Waals surface area contributed by atoms with Crippen LogP contribution in [0.3, 0.4) is 0 Å². The molecule has 1 rings (SSSR count). The molecule has 5 heteroatoms. The van der Waals surface area contributed by atoms with Gasteiger partial charge in [-0.3, -0.25) is 0 Å². The molecule has 88 valence electrons. The van der Waals surface area contributed by atoms with Gasteiger partial charge in [-0.2, -0.15) is 0 Å². The van der Waals surface area contributed by atoms with Gasteiger partial charge in [-0.05, 0) is 18.6 Å². The first kappa shape index (κ1) is 13.3. The van der Waals surface area contributed by atoms with Crippen molar-refractivity contribution in [2.75, 3.05) is 7.11 Å². The Balaban J connectivity index is 2.96. The van der Waals surface area contributed by atoms with Crippen molar-refractivity contribution in [3.8, 4) is 0 Å². The maximum Gasteiger partial charge on any atom is 0.337 e. The normalized spacial score (nSPS) is 14.3. The quantitative estimate of drug-likeness (QED) is 0.852. The Morgan fingerprint density at radius 1 is 1.50 bits per heavy atom. The average molecular weight is 263 g/mol. The van der Waals surface area contributed by atoms with Crippen molar-refractivity contribution in [2.24, 2.45) is 0 Å². The Kier molecular flexibility index (Phi) is 4.19. The van der Waals surface area contributed by atoms with E-state index in [-0.39, 0.29) is 6.42 Å². The zero-order valence-electron chi connectivity index (χ0n) is 8.96. The molecule has 0 saturated heterocycles. The molecule has 1 N–H and O–H groups in total. The molecule has 0 aliphatic carbocycles. The lowest BCUT2D eigenvalue weighted by Crippen LogP contribution is -2.38. The number of esters is 1. The number of benzene rings is 1. The highest BCUT2D eigenvalue weighted by molar-refractivity contribution is 6.42. The summed E-state index contributed by atoms with van der Waals surface area (Å²) in [4.78, 5) is 11.3. The minimum atomic E-state index is -1.61. The highest BCUT2D eigenvalue weighted by atomic mass is 35.5. The van der Waals surface area contributed by atoms with Crippen molar-refractivity contribution < 1.29 is 14.6 Å². The average Bonchev–Trinajstić information content (AvgIpc) is 2.23. The van der Waals surface area contributed by atoms with E-state index in [1.54, 1.807) is 18.2 Å². The third-order valence-corrected chi connectivity index (χ3v) is 3.05. The van der Waals surface area contributed by atoms with Gasteiger partial charge in [0.1, 0.15) is 0 Å². The summed E-state index contributed by atoms with van der Waals surface area (Å²) in [5.74, 6) is -0.705. The van der Waals surface area contributed by atoms with Crippen LogP contribution in [0.15, 0.2) is 18.2 Å². The fourth-order valence-corrected chi connectivity index (χ4v) is 1.73. The predicted molar refractivity (Wildman–Crippen MR) is 62.8 cm³/mol. The molecule has 1 unspecified atom stereocenters. The van der Waals surface area contributed by atoms with Crippen LogP contribution in [0.25, 0.3) is 0 Å². The molecule has 1 aromatic rings. The van der Waals surface area contributed by atoms with Gasteiger partial charge in [0.25, 0.3) is 0 Å². The van der Waals surface area contributed by atoms with Crippen LogP contribution in [0.5, 0.6) is 0 Å². The molecule has 0 aliphatic rings. The van der Waals surface area contributed by atoms with E-state index in [1.807, 2.05) is 0 Å². The monoisotopic (exact) mass is 262 g/mol. The Labute approximate surface area is 104 Å². The lowest BCUT2D eigenvalue weighted by Gasteiger charge is -2.20. The van der Waals surface area contributed by atoms with Gasteiger partial charge in [0.15, 0.2) is 5.60 Å². The molecule has 0 spiro atoms. The number of hydrogen-bond donors (Lipinski definition) is 1. The van der Waals surface area contributed by atoms with Gasteiger partial charge in [0, 0.05) is 6.42 Å². The number of hydrogen-bond acceptors (Lipinski definition) is 3. The smallest absolute Gasteiger partial charge is 0.337 e. The summed E-state index contributed by atoms with van der Waals surface area (Å²) >= 11 is 11.8. The Bertz CT molecular complexity index is 402. The van der Waals surface area contributed by atoms with Crippen molar-refractivity contribution in [3.05, 3.63) is 33.8 Å². The molecule has 0 heterocycles. The van der Waals surface area contributed by atoms with Crippen LogP contribution in [0.1, 0.15) is 12.5 Å². The first-order chi connectivity index (χ1) is 7.38. The van der Waals surface area contributed by atoms with Gasteiger partial charge >= 0.3 is 5.97 Å². The molecule has 16 heavy (non-hydrogen) atoms. The van der Waals surface area contributed by atoms with E-state index < -0.39 is 11.6 Å². The summed E-state index contributed by atoms with van der Waals surface area (Å²) in [6.07, 6.45) is 0.0546. The zero-order valence-corrected chi connectivity index (χ0v) is 10.5. The minimum Gasteiger partial charge on any atom is -0.467 e. The fourth-order valence-electron chi connectivity index (χ4n) is 1.35. The van der Waals surface area contributed by atoms with Crippen LogP contribution in [-0.4, -0.2) is 23.8 Å². The maximum atomic E-state index is 11.3. The van der Waals surface area contributed by atoms with Gasteiger partial charge in [0.05, 0.1) is 17.2 Å². The topological polar surface area (TPSA) is 46.5 Å². The van der Waals surface area contributed by atoms with E-state index in [4.69, 9.17) is 23.2 Å². The van der Waals surface area contributed by atoms with Crippen LogP contribution in [0, 0.1) is 0 Å². The van der Waals surface area contributed by atoms with Gasteiger partial charge < -0.3 is 9.84 Å². The highest BCUT2D eigenvalue weighted by Gasteiger charge is 2.32. The molecule has 0 saturated carbocycles. The summed E-state index contributed by atoms with van der Waals surface area (Å²) in [5.41, 5.74) is -1.01. The van der Waals surface area contributed by atoms with E-state index >= 15 is 0 Å². The third kappa shape index (κ3) is 2.88. The molecule has 1 aromatic carbocycles. The first-order valence-corrected chi connectivity index (χ1v) is 5.38. The summed E-state index contributed by atoms with van der Waals surface area (Å²) < 4.78 is 4.49. The van der Waals surface area contributed by atoms with Crippen LogP contribution >= 0.6 is 23.2 Å². The number of methoxy groups -OCH3 is 1. The van der Waals surface area contributed by atoms with E-state index in [1.165, 1.54) is 14.0 Å². The Morgan fingerprint density at radius 3 is 2.69 bits per heavy atom. The van der Waals surface area contributed by atoms with Crippen molar-refractivity contribution in [1.82, 2.24) is 0 Å². The highest BCUT2D eigenvalue weighted by Crippen LogP contribution is 2.28. The zero-order chi connectivity index (χ0) is 12.3. The maximum absolute atomic E-state index is 11.3. The predicted octanol–water partition coefficient (Wildman–Crippen LogP) is 2.46. The van der Waals surface area contributed by atoms with Gasteiger partial charge in [-0.15, -0.1) is 0 Å². The minimum absolute atomic E-state index is 0.0546. The second-order valence-corrected chi connectivity index (χ2v) is 4.44. The van der Waals surface area contributed by atoms with Crippen molar-refractivity contribution in [1.29, 1.82) is 0 Å². The van der Waals surface area contributed by atoms with E-state index in [0.29, 0.717) is 15.6 Å². The molecule has 0 aromatic heterocycles. The van der Waals surface area contributed by atoms with E-state index in [0.717, 1.165) is 0 Å². The SMILES string of the molecule is COC(=O)C(C)(O)Cc1cccc(Cl)c1Cl. The lowest BCUT2D eigenvalue weighted by atomic mass is 9.97. The second kappa shape index (κ2) is 5.04. The number of carbonyl (C=O) groups excluding carboxylic acids is 1. The van der Waals surface area contributed by atoms with E-state index in [2.05, 4.69) is 4.74 Å². The first-order valence-electron chi connectivity index (χ1n) is 4.62. The number of ether oxygens (including phenoxy) is 1. The number of aliphatic hydroxyl groups is 1. The standard InChI is InChI=1S/C11H12Cl2O3/c1-11(15,10(14)16-2)6-7-4-3-5-8(12)9(7)13/h3-5,15H,6H2,1-2H3. The van der Waals surface area contributed by atoms with Crippen LogP contribution < -0.4 is 0 Å². The van der Waals surface area contributed by atoms with Gasteiger partial charge in [0.2, 0.25) is 0 Å². The Morgan fingerprint density at radius 2 is 2.12 bits per heavy atom. The Hall–Kier alpha value is -0.770. The van der Waals surface area contributed by atoms with Crippen molar-refractivity contribution >= 4 is 29.2 Å². The van der Waals surface area contributed by atoms with Crippen molar-refractivity contribution in [2.45, 2.75) is 18.9 Å². The molecule has 0 radical (unpaired) electrons.